The molecule has 0 aliphatic carbocycles. The van der Waals surface area contributed by atoms with Gasteiger partial charge in [0.2, 0.25) is 0 Å². The second-order valence-corrected chi connectivity index (χ2v) is 10.2. The first-order chi connectivity index (χ1) is 7.59. The van der Waals surface area contributed by atoms with Crippen LogP contribution in [0, 0.1) is 0 Å². The molecule has 88 valence electrons. The van der Waals surface area contributed by atoms with E-state index in [4.69, 9.17) is 4.74 Å². The minimum atomic E-state index is -0.316. The van der Waals surface area contributed by atoms with Crippen LogP contribution >= 0.6 is 0 Å². The Morgan fingerprint density at radius 2 is 1.62 bits per heavy atom. The van der Waals surface area contributed by atoms with Gasteiger partial charge in [-0.2, -0.15) is 0 Å². The third kappa shape index (κ3) is 4.99. The second-order valence-electron chi connectivity index (χ2n) is 4.68. The minimum absolute atomic E-state index is 0.0821. The van der Waals surface area contributed by atoms with Gasteiger partial charge in [-0.3, -0.25) is 0 Å². The van der Waals surface area contributed by atoms with Crippen LogP contribution in [0.15, 0.2) is 24.3 Å². The van der Waals surface area contributed by atoms with E-state index >= 15 is 0 Å². The van der Waals surface area contributed by atoms with Crippen LogP contribution in [0.2, 0.25) is 32.2 Å². The van der Waals surface area contributed by atoms with Crippen molar-refractivity contribution in [3.05, 3.63) is 24.3 Å². The van der Waals surface area contributed by atoms with Gasteiger partial charge in [-0.1, -0.05) is 49.6 Å². The Morgan fingerprint density at radius 3 is 2.12 bits per heavy atom. The average Bonchev–Trinajstić information content (AvgIpc) is 2.25. The molecule has 1 aromatic rings. The van der Waals surface area contributed by atoms with Gasteiger partial charge in [0.25, 0.3) is 0 Å². The molecule has 1 aromatic carbocycles. The van der Waals surface area contributed by atoms with Gasteiger partial charge in [-0.25, -0.2) is 0 Å². The Hall–Kier alpha value is -0.546. The third-order valence-electron chi connectivity index (χ3n) is 2.52. The predicted molar refractivity (Wildman–Crippen MR) is 76.0 cm³/mol. The van der Waals surface area contributed by atoms with Crippen LogP contribution in [0.5, 0.6) is 5.75 Å². The van der Waals surface area contributed by atoms with E-state index < -0.39 is 0 Å². The lowest BCUT2D eigenvalue weighted by Crippen LogP contribution is -2.21. The fraction of sp³-hybridized carbons (Fsp3) is 0.538. The van der Waals surface area contributed by atoms with E-state index in [1.807, 2.05) is 0 Å². The third-order valence-corrected chi connectivity index (χ3v) is 5.36. The maximum absolute atomic E-state index is 5.72. The van der Waals surface area contributed by atoms with Gasteiger partial charge in [0.05, 0.1) is 15.4 Å². The molecule has 1 rings (SSSR count). The van der Waals surface area contributed by atoms with Crippen molar-refractivity contribution in [2.24, 2.45) is 0 Å². The van der Waals surface area contributed by atoms with Crippen molar-refractivity contribution in [3.63, 3.8) is 0 Å². The smallest absolute Gasteiger partial charge is 0.119 e. The molecule has 0 amide bonds. The van der Waals surface area contributed by atoms with E-state index in [1.54, 1.807) is 0 Å². The highest BCUT2D eigenvalue weighted by molar-refractivity contribution is 6.70. The first-order valence-electron chi connectivity index (χ1n) is 5.92. The first-order valence-corrected chi connectivity index (χ1v) is 11.1. The summed E-state index contributed by atoms with van der Waals surface area (Å²) in [6, 6.07) is 9.98. The Bertz CT molecular complexity index is 293. The highest BCUT2D eigenvalue weighted by atomic mass is 28.3. The van der Waals surface area contributed by atoms with E-state index in [-0.39, 0.29) is 17.6 Å². The van der Waals surface area contributed by atoms with Crippen molar-refractivity contribution in [1.82, 2.24) is 0 Å². The van der Waals surface area contributed by atoms with Crippen molar-refractivity contribution < 1.29 is 4.74 Å². The van der Waals surface area contributed by atoms with E-state index in [1.165, 1.54) is 17.7 Å². The lowest BCUT2D eigenvalue weighted by Gasteiger charge is -2.08. The van der Waals surface area contributed by atoms with Gasteiger partial charge in [-0.15, -0.1) is 0 Å². The molecule has 16 heavy (non-hydrogen) atoms. The van der Waals surface area contributed by atoms with Crippen LogP contribution in [0.4, 0.5) is 0 Å². The monoisotopic (exact) mass is 250 g/mol. The molecule has 0 saturated heterocycles. The minimum Gasteiger partial charge on any atom is -0.494 e. The number of rotatable bonds is 6. The average molecular weight is 250 g/mol. The van der Waals surface area contributed by atoms with Crippen molar-refractivity contribution in [3.8, 4) is 5.75 Å². The molecule has 0 atom stereocenters. The summed E-state index contributed by atoms with van der Waals surface area (Å²) in [7, 11) is -0.398. The molecular formula is C13H22OSi2. The Labute approximate surface area is 103 Å². The summed E-state index contributed by atoms with van der Waals surface area (Å²) >= 11 is 0. The number of benzene rings is 1. The molecule has 0 bridgehead atoms. The molecular weight excluding hydrogens is 228 g/mol. The molecule has 3 heteroatoms. The molecule has 0 unspecified atom stereocenters. The summed E-state index contributed by atoms with van der Waals surface area (Å²) < 4.78 is 5.72. The SMILES string of the molecule is C[Si](C)CCCOc1ccc([Si](C)C)cc1. The van der Waals surface area contributed by atoms with E-state index in [0.29, 0.717) is 0 Å². The standard InChI is InChI=1S/C13H22OSi2/c1-15(2)11-5-10-14-12-6-8-13(9-7-12)16(3)4/h6-9H,5,10-11H2,1-4H3. The Balaban J connectivity index is 2.32. The lowest BCUT2D eigenvalue weighted by molar-refractivity contribution is 0.317. The zero-order chi connectivity index (χ0) is 12.0. The van der Waals surface area contributed by atoms with E-state index in [9.17, 15) is 0 Å². The van der Waals surface area contributed by atoms with Gasteiger partial charge < -0.3 is 4.74 Å². The number of ether oxygens (including phenoxy) is 1. The molecule has 0 aliphatic heterocycles. The topological polar surface area (TPSA) is 9.23 Å². The van der Waals surface area contributed by atoms with Crippen LogP contribution in [0.25, 0.3) is 0 Å². The normalized spacial score (nSPS) is 11.1. The molecule has 0 N–H and O–H groups in total. The van der Waals surface area contributed by atoms with Crippen LogP contribution in [0.1, 0.15) is 6.42 Å². The molecule has 0 aliphatic rings. The molecule has 2 radical (unpaired) electrons. The zero-order valence-electron chi connectivity index (χ0n) is 10.8. The molecule has 0 aromatic heterocycles. The molecule has 0 saturated carbocycles. The van der Waals surface area contributed by atoms with Crippen LogP contribution in [0.3, 0.4) is 0 Å². The summed E-state index contributed by atoms with van der Waals surface area (Å²) in [5.74, 6) is 1.02. The van der Waals surface area contributed by atoms with Crippen molar-refractivity contribution in [1.29, 1.82) is 0 Å². The number of hydrogen-bond donors (Lipinski definition) is 0. The van der Waals surface area contributed by atoms with E-state index in [0.717, 1.165) is 12.4 Å². The molecule has 0 heterocycles. The highest BCUT2D eigenvalue weighted by Crippen LogP contribution is 2.09. The fourth-order valence-electron chi connectivity index (χ4n) is 1.50. The maximum atomic E-state index is 5.72. The first kappa shape index (κ1) is 13.5. The Morgan fingerprint density at radius 1 is 1.00 bits per heavy atom. The van der Waals surface area contributed by atoms with Gasteiger partial charge >= 0.3 is 0 Å². The molecule has 1 nitrogen and oxygen atoms in total. The van der Waals surface area contributed by atoms with Gasteiger partial charge in [0.1, 0.15) is 5.75 Å². The van der Waals surface area contributed by atoms with Crippen molar-refractivity contribution in [2.75, 3.05) is 6.61 Å². The summed E-state index contributed by atoms with van der Waals surface area (Å²) in [5.41, 5.74) is 0. The summed E-state index contributed by atoms with van der Waals surface area (Å²) in [6.07, 6.45) is 1.19. The second kappa shape index (κ2) is 6.91. The predicted octanol–water partition coefficient (Wildman–Crippen LogP) is 3.17. The van der Waals surface area contributed by atoms with Crippen molar-refractivity contribution in [2.45, 2.75) is 38.7 Å². The van der Waals surface area contributed by atoms with Crippen molar-refractivity contribution >= 4 is 22.8 Å². The van der Waals surface area contributed by atoms with Gasteiger partial charge in [-0.05, 0) is 18.6 Å². The summed E-state index contributed by atoms with van der Waals surface area (Å²) in [5, 5.41) is 1.48. The zero-order valence-corrected chi connectivity index (χ0v) is 12.8. The number of hydrogen-bond acceptors (Lipinski definition) is 1. The summed E-state index contributed by atoms with van der Waals surface area (Å²) in [6.45, 7) is 10.2. The quantitative estimate of drug-likeness (QED) is 0.557. The van der Waals surface area contributed by atoms with Gasteiger partial charge in [0.15, 0.2) is 0 Å². The highest BCUT2D eigenvalue weighted by Gasteiger charge is 2.01. The Kier molecular flexibility index (Phi) is 5.84. The lowest BCUT2D eigenvalue weighted by atomic mass is 10.3. The van der Waals surface area contributed by atoms with Crippen LogP contribution in [-0.4, -0.2) is 24.2 Å². The van der Waals surface area contributed by atoms with E-state index in [2.05, 4.69) is 50.5 Å². The van der Waals surface area contributed by atoms with Crippen LogP contribution in [-0.2, 0) is 0 Å². The van der Waals surface area contributed by atoms with Gasteiger partial charge in [0, 0.05) is 8.80 Å². The summed E-state index contributed by atoms with van der Waals surface area (Å²) in [4.78, 5) is 0. The van der Waals surface area contributed by atoms with Crippen LogP contribution < -0.4 is 9.92 Å². The fourth-order valence-corrected chi connectivity index (χ4v) is 3.19. The molecule has 0 spiro atoms. The molecule has 0 fully saturated rings. The maximum Gasteiger partial charge on any atom is 0.119 e. The largest absolute Gasteiger partial charge is 0.494 e.